The third-order valence-corrected chi connectivity index (χ3v) is 3.68. The van der Waals surface area contributed by atoms with Crippen LogP contribution >= 0.6 is 0 Å². The van der Waals surface area contributed by atoms with Gasteiger partial charge in [0, 0.05) is 16.9 Å². The molecule has 0 fully saturated rings. The molecule has 0 unspecified atom stereocenters. The molecule has 1 aliphatic rings. The maximum atomic E-state index is 12.1. The number of carbonyl (C=O) groups is 2. The summed E-state index contributed by atoms with van der Waals surface area (Å²) in [6.07, 6.45) is 0.412. The second-order valence-electron chi connectivity index (χ2n) is 5.06. The van der Waals surface area contributed by atoms with Crippen LogP contribution in [0.15, 0.2) is 42.5 Å². The van der Waals surface area contributed by atoms with Crippen LogP contribution in [0.5, 0.6) is 0 Å². The molecule has 2 aromatic rings. The Labute approximate surface area is 122 Å². The molecule has 0 spiro atoms. The molecule has 1 heterocycles. The molecular weight excluding hydrogens is 266 g/mol. The maximum Gasteiger partial charge on any atom is 0.248 e. The van der Waals surface area contributed by atoms with Crippen LogP contribution in [0.4, 0.5) is 11.4 Å². The number of carbonyl (C=O) groups excluding carboxylic acids is 2. The van der Waals surface area contributed by atoms with Gasteiger partial charge in [-0.3, -0.25) is 9.59 Å². The van der Waals surface area contributed by atoms with E-state index in [1.807, 2.05) is 24.3 Å². The van der Waals surface area contributed by atoms with Crippen molar-refractivity contribution in [3.05, 3.63) is 59.2 Å². The van der Waals surface area contributed by atoms with Gasteiger partial charge in [0.2, 0.25) is 11.8 Å². The Kier molecular flexibility index (Phi) is 3.10. The van der Waals surface area contributed by atoms with Crippen LogP contribution in [0.2, 0.25) is 0 Å². The number of nitrogen functional groups attached to an aromatic ring is 1. The topological polar surface area (TPSA) is 89.4 Å². The number of hydrogen-bond donors (Lipinski definition) is 2. The average Bonchev–Trinajstić information content (AvgIpc) is 2.77. The zero-order chi connectivity index (χ0) is 15.0. The van der Waals surface area contributed by atoms with E-state index in [1.54, 1.807) is 23.1 Å². The Morgan fingerprint density at radius 2 is 1.95 bits per heavy atom. The van der Waals surface area contributed by atoms with Crippen molar-refractivity contribution in [3.8, 4) is 0 Å². The summed E-state index contributed by atoms with van der Waals surface area (Å²) in [4.78, 5) is 25.0. The monoisotopic (exact) mass is 281 g/mol. The second-order valence-corrected chi connectivity index (χ2v) is 5.06. The predicted octanol–water partition coefficient (Wildman–Crippen LogP) is 1.46. The summed E-state index contributed by atoms with van der Waals surface area (Å²) in [5.41, 5.74) is 14.7. The Balaban J connectivity index is 1.91. The number of para-hydroxylation sites is 1. The lowest BCUT2D eigenvalue weighted by molar-refractivity contribution is -0.117. The summed E-state index contributed by atoms with van der Waals surface area (Å²) in [7, 11) is 0. The molecule has 0 saturated heterocycles. The smallest absolute Gasteiger partial charge is 0.248 e. The van der Waals surface area contributed by atoms with E-state index in [0.29, 0.717) is 24.2 Å². The summed E-state index contributed by atoms with van der Waals surface area (Å²) in [6, 6.07) is 12.6. The van der Waals surface area contributed by atoms with Crippen molar-refractivity contribution in [2.45, 2.75) is 13.0 Å². The second kappa shape index (κ2) is 4.94. The lowest BCUT2D eigenvalue weighted by atomic mass is 10.1. The van der Waals surface area contributed by atoms with Crippen LogP contribution in [-0.4, -0.2) is 11.8 Å². The van der Waals surface area contributed by atoms with Crippen molar-refractivity contribution in [1.82, 2.24) is 0 Å². The molecule has 2 aromatic carbocycles. The standard InChI is InChI=1S/C16H15N3O2/c17-13-7-11(16(18)21)5-6-12(13)9-19-14-4-2-1-3-10(14)8-15(19)20/h1-7H,8-9,17H2,(H2,18,21). The third-order valence-electron chi connectivity index (χ3n) is 3.68. The van der Waals surface area contributed by atoms with E-state index in [4.69, 9.17) is 11.5 Å². The first kappa shape index (κ1) is 13.2. The average molecular weight is 281 g/mol. The highest BCUT2D eigenvalue weighted by Crippen LogP contribution is 2.30. The highest BCUT2D eigenvalue weighted by atomic mass is 16.2. The minimum atomic E-state index is -0.518. The molecule has 0 aliphatic carbocycles. The number of anilines is 2. The maximum absolute atomic E-state index is 12.1. The number of fused-ring (bicyclic) bond motifs is 1. The van der Waals surface area contributed by atoms with Crippen LogP contribution in [0.1, 0.15) is 21.5 Å². The predicted molar refractivity (Wildman–Crippen MR) is 80.7 cm³/mol. The Bertz CT molecular complexity index is 740. The molecular formula is C16H15N3O2. The minimum absolute atomic E-state index is 0.0505. The third kappa shape index (κ3) is 2.33. The largest absolute Gasteiger partial charge is 0.398 e. The lowest BCUT2D eigenvalue weighted by Crippen LogP contribution is -2.26. The van der Waals surface area contributed by atoms with E-state index in [0.717, 1.165) is 16.8 Å². The molecule has 1 aliphatic heterocycles. The highest BCUT2D eigenvalue weighted by Gasteiger charge is 2.27. The van der Waals surface area contributed by atoms with Crippen molar-refractivity contribution >= 4 is 23.2 Å². The number of benzene rings is 2. The Morgan fingerprint density at radius 3 is 2.67 bits per heavy atom. The molecule has 5 heteroatoms. The Morgan fingerprint density at radius 1 is 1.19 bits per heavy atom. The number of primary amides is 1. The number of nitrogens with two attached hydrogens (primary N) is 2. The van der Waals surface area contributed by atoms with Gasteiger partial charge in [0.15, 0.2) is 0 Å². The van der Waals surface area contributed by atoms with E-state index < -0.39 is 5.91 Å². The van der Waals surface area contributed by atoms with Gasteiger partial charge in [-0.2, -0.15) is 0 Å². The number of amides is 2. The summed E-state index contributed by atoms with van der Waals surface area (Å²) >= 11 is 0. The molecule has 0 radical (unpaired) electrons. The van der Waals surface area contributed by atoms with Crippen LogP contribution < -0.4 is 16.4 Å². The first-order valence-corrected chi connectivity index (χ1v) is 6.63. The first-order chi connectivity index (χ1) is 10.1. The van der Waals surface area contributed by atoms with Crippen molar-refractivity contribution in [2.75, 3.05) is 10.6 Å². The van der Waals surface area contributed by atoms with E-state index in [-0.39, 0.29) is 5.91 Å². The molecule has 0 bridgehead atoms. The molecule has 0 atom stereocenters. The molecule has 4 N–H and O–H groups in total. The zero-order valence-electron chi connectivity index (χ0n) is 11.4. The quantitative estimate of drug-likeness (QED) is 0.834. The van der Waals surface area contributed by atoms with Crippen molar-refractivity contribution in [2.24, 2.45) is 5.73 Å². The van der Waals surface area contributed by atoms with Crippen LogP contribution in [0.25, 0.3) is 0 Å². The number of nitrogens with zero attached hydrogens (tertiary/aromatic N) is 1. The fraction of sp³-hybridized carbons (Fsp3) is 0.125. The molecule has 0 aromatic heterocycles. The normalized spacial score (nSPS) is 13.3. The molecule has 2 amide bonds. The van der Waals surface area contributed by atoms with Crippen molar-refractivity contribution in [3.63, 3.8) is 0 Å². The molecule has 21 heavy (non-hydrogen) atoms. The Hall–Kier alpha value is -2.82. The van der Waals surface area contributed by atoms with Crippen LogP contribution in [0.3, 0.4) is 0 Å². The highest BCUT2D eigenvalue weighted by molar-refractivity contribution is 6.01. The van der Waals surface area contributed by atoms with Gasteiger partial charge < -0.3 is 16.4 Å². The van der Waals surface area contributed by atoms with Crippen LogP contribution in [0, 0.1) is 0 Å². The van der Waals surface area contributed by atoms with Gasteiger partial charge in [0.05, 0.1) is 13.0 Å². The van der Waals surface area contributed by atoms with Crippen LogP contribution in [-0.2, 0) is 17.8 Å². The zero-order valence-corrected chi connectivity index (χ0v) is 11.4. The first-order valence-electron chi connectivity index (χ1n) is 6.63. The van der Waals surface area contributed by atoms with Gasteiger partial charge in [-0.1, -0.05) is 24.3 Å². The summed E-state index contributed by atoms with van der Waals surface area (Å²) in [6.45, 7) is 0.390. The van der Waals surface area contributed by atoms with Gasteiger partial charge >= 0.3 is 0 Å². The fourth-order valence-electron chi connectivity index (χ4n) is 2.55. The van der Waals surface area contributed by atoms with Gasteiger partial charge in [0.1, 0.15) is 0 Å². The van der Waals surface area contributed by atoms with E-state index >= 15 is 0 Å². The van der Waals surface area contributed by atoms with Gasteiger partial charge in [0.25, 0.3) is 0 Å². The van der Waals surface area contributed by atoms with Crippen molar-refractivity contribution in [1.29, 1.82) is 0 Å². The summed E-state index contributed by atoms with van der Waals surface area (Å²) in [5, 5.41) is 0. The van der Waals surface area contributed by atoms with Crippen molar-refractivity contribution < 1.29 is 9.59 Å². The number of rotatable bonds is 3. The molecule has 106 valence electrons. The summed E-state index contributed by atoms with van der Waals surface area (Å²) < 4.78 is 0. The van der Waals surface area contributed by atoms with Gasteiger partial charge in [-0.05, 0) is 29.3 Å². The number of hydrogen-bond acceptors (Lipinski definition) is 3. The fourth-order valence-corrected chi connectivity index (χ4v) is 2.55. The SMILES string of the molecule is NC(=O)c1ccc(CN2C(=O)Cc3ccccc32)c(N)c1. The lowest BCUT2D eigenvalue weighted by Gasteiger charge is -2.19. The van der Waals surface area contributed by atoms with E-state index in [2.05, 4.69) is 0 Å². The van der Waals surface area contributed by atoms with Gasteiger partial charge in [-0.25, -0.2) is 0 Å². The summed E-state index contributed by atoms with van der Waals surface area (Å²) in [5.74, 6) is -0.467. The van der Waals surface area contributed by atoms with E-state index in [9.17, 15) is 9.59 Å². The van der Waals surface area contributed by atoms with Gasteiger partial charge in [-0.15, -0.1) is 0 Å². The molecule has 0 saturated carbocycles. The molecule has 5 nitrogen and oxygen atoms in total. The molecule has 3 rings (SSSR count). The van der Waals surface area contributed by atoms with E-state index in [1.165, 1.54) is 0 Å². The minimum Gasteiger partial charge on any atom is -0.398 e.